The minimum Gasteiger partial charge on any atom is -0.482 e. The van der Waals surface area contributed by atoms with E-state index >= 15 is 0 Å². The second-order valence-electron chi connectivity index (χ2n) is 6.16. The van der Waals surface area contributed by atoms with E-state index in [2.05, 4.69) is 14.9 Å². The number of rotatable bonds is 7. The van der Waals surface area contributed by atoms with E-state index in [1.54, 1.807) is 17.8 Å². The molecule has 10 heteroatoms. The average molecular weight is 454 g/mol. The van der Waals surface area contributed by atoms with Gasteiger partial charge in [-0.15, -0.1) is 22.0 Å². The zero-order valence-electron chi connectivity index (χ0n) is 16.0. The van der Waals surface area contributed by atoms with Crippen molar-refractivity contribution < 1.29 is 27.4 Å². The van der Waals surface area contributed by atoms with Crippen LogP contribution in [0.5, 0.6) is 5.75 Å². The van der Waals surface area contributed by atoms with E-state index in [4.69, 9.17) is 4.74 Å². The molecule has 158 valence electrons. The largest absolute Gasteiger partial charge is 0.482 e. The number of halogens is 3. The van der Waals surface area contributed by atoms with Crippen LogP contribution in [0.25, 0.3) is 10.6 Å². The molecule has 0 fully saturated rings. The maximum absolute atomic E-state index is 12.7. The van der Waals surface area contributed by atoms with Crippen LogP contribution in [0, 0.1) is 6.92 Å². The Bertz CT molecular complexity index is 1020. The number of benzene rings is 2. The summed E-state index contributed by atoms with van der Waals surface area (Å²) in [6, 6.07) is 10.5. The van der Waals surface area contributed by atoms with E-state index in [0.29, 0.717) is 22.1 Å². The number of nitrogens with zero attached hydrogens (tertiary/aromatic N) is 2. The number of hydrogen-bond acceptors (Lipinski definition) is 7. The molecule has 5 nitrogen and oxygen atoms in total. The van der Waals surface area contributed by atoms with Crippen molar-refractivity contribution >= 4 is 29.1 Å². The van der Waals surface area contributed by atoms with Crippen molar-refractivity contribution in [2.75, 3.05) is 13.7 Å². The van der Waals surface area contributed by atoms with Crippen LogP contribution in [0.3, 0.4) is 0 Å². The maximum atomic E-state index is 12.7. The molecule has 2 aromatic carbocycles. The molecule has 3 rings (SSSR count). The molecule has 0 atom stereocenters. The van der Waals surface area contributed by atoms with Gasteiger partial charge in [-0.05, 0) is 42.8 Å². The van der Waals surface area contributed by atoms with Crippen molar-refractivity contribution in [1.82, 2.24) is 10.2 Å². The summed E-state index contributed by atoms with van der Waals surface area (Å²) in [5.41, 5.74) is 0.784. The molecule has 1 heterocycles. The third kappa shape index (κ3) is 5.73. The molecule has 1 aromatic heterocycles. The number of hydrogen-bond donors (Lipinski definition) is 0. The van der Waals surface area contributed by atoms with Crippen molar-refractivity contribution in [3.05, 3.63) is 58.6 Å². The van der Waals surface area contributed by atoms with Gasteiger partial charge in [0.1, 0.15) is 15.8 Å². The number of aromatic nitrogens is 2. The van der Waals surface area contributed by atoms with E-state index in [1.165, 1.54) is 30.6 Å². The fraction of sp³-hybridized carbons (Fsp3) is 0.250. The lowest BCUT2D eigenvalue weighted by Gasteiger charge is -2.09. The van der Waals surface area contributed by atoms with Crippen LogP contribution in [0.15, 0.2) is 47.4 Å². The molecule has 0 saturated carbocycles. The van der Waals surface area contributed by atoms with Crippen LogP contribution >= 0.6 is 23.1 Å². The molecule has 3 aromatic rings. The third-order valence-corrected chi connectivity index (χ3v) is 6.17. The van der Waals surface area contributed by atoms with Crippen molar-refractivity contribution in [2.24, 2.45) is 0 Å². The predicted octanol–water partition coefficient (Wildman–Crippen LogP) is 5.38. The molecule has 0 bridgehead atoms. The van der Waals surface area contributed by atoms with Gasteiger partial charge < -0.3 is 9.47 Å². The summed E-state index contributed by atoms with van der Waals surface area (Å²) in [4.78, 5) is 12.2. The van der Waals surface area contributed by atoms with Gasteiger partial charge in [0.05, 0.1) is 18.4 Å². The minimum atomic E-state index is -4.36. The Morgan fingerprint density at radius 3 is 2.50 bits per heavy atom. The summed E-state index contributed by atoms with van der Waals surface area (Å²) >= 11 is 2.89. The van der Waals surface area contributed by atoms with Crippen LogP contribution in [-0.2, 0) is 21.5 Å². The SMILES string of the molecule is COC(=O)COc1ccc(SCc2nnc(-c3ccc(C(F)(F)F)cc3)s2)cc1C. The summed E-state index contributed by atoms with van der Waals surface area (Å²) < 4.78 is 48.0. The molecule has 30 heavy (non-hydrogen) atoms. The second kappa shape index (κ2) is 9.48. The number of alkyl halides is 3. The highest BCUT2D eigenvalue weighted by Gasteiger charge is 2.30. The number of methoxy groups -OCH3 is 1. The van der Waals surface area contributed by atoms with Gasteiger partial charge in [-0.25, -0.2) is 4.79 Å². The van der Waals surface area contributed by atoms with Crippen LogP contribution in [-0.4, -0.2) is 29.9 Å². The molecule has 0 N–H and O–H groups in total. The number of carbonyl (C=O) groups excluding carboxylic acids is 1. The summed E-state index contributed by atoms with van der Waals surface area (Å²) in [5.74, 6) is 0.721. The normalized spacial score (nSPS) is 11.4. The third-order valence-electron chi connectivity index (χ3n) is 4.01. The Kier molecular flexibility index (Phi) is 6.99. The zero-order valence-corrected chi connectivity index (χ0v) is 17.7. The number of ether oxygens (including phenoxy) is 2. The molecule has 0 unspecified atom stereocenters. The molecule has 0 aliphatic carbocycles. The molecule has 0 amide bonds. The van der Waals surface area contributed by atoms with E-state index in [1.807, 2.05) is 19.1 Å². The average Bonchev–Trinajstić information content (AvgIpc) is 3.20. The Morgan fingerprint density at radius 2 is 1.87 bits per heavy atom. The quantitative estimate of drug-likeness (QED) is 0.353. The van der Waals surface area contributed by atoms with Gasteiger partial charge >= 0.3 is 12.1 Å². The van der Waals surface area contributed by atoms with Crippen LogP contribution in [0.4, 0.5) is 13.2 Å². The molecular formula is C20H17F3N2O3S2. The number of thioether (sulfide) groups is 1. The van der Waals surface area contributed by atoms with Gasteiger partial charge in [0.15, 0.2) is 6.61 Å². The van der Waals surface area contributed by atoms with E-state index < -0.39 is 17.7 Å². The fourth-order valence-corrected chi connectivity index (χ4v) is 4.27. The number of aryl methyl sites for hydroxylation is 1. The highest BCUT2D eigenvalue weighted by molar-refractivity contribution is 7.98. The smallest absolute Gasteiger partial charge is 0.416 e. The highest BCUT2D eigenvalue weighted by Crippen LogP contribution is 2.33. The van der Waals surface area contributed by atoms with Crippen LogP contribution < -0.4 is 4.74 Å². The van der Waals surface area contributed by atoms with Crippen molar-refractivity contribution in [3.63, 3.8) is 0 Å². The van der Waals surface area contributed by atoms with Crippen molar-refractivity contribution in [1.29, 1.82) is 0 Å². The zero-order chi connectivity index (χ0) is 21.7. The first-order chi connectivity index (χ1) is 14.3. The Morgan fingerprint density at radius 1 is 1.13 bits per heavy atom. The number of esters is 1. The van der Waals surface area contributed by atoms with Gasteiger partial charge in [-0.2, -0.15) is 13.2 Å². The topological polar surface area (TPSA) is 61.3 Å². The van der Waals surface area contributed by atoms with Gasteiger partial charge in [0.25, 0.3) is 0 Å². The highest BCUT2D eigenvalue weighted by atomic mass is 32.2. The Labute approximate surface area is 179 Å². The van der Waals surface area contributed by atoms with Crippen LogP contribution in [0.1, 0.15) is 16.1 Å². The Balaban J connectivity index is 1.60. The van der Waals surface area contributed by atoms with Crippen LogP contribution in [0.2, 0.25) is 0 Å². The van der Waals surface area contributed by atoms with Gasteiger partial charge in [0.2, 0.25) is 0 Å². The monoisotopic (exact) mass is 454 g/mol. The molecule has 0 spiro atoms. The standard InChI is InChI=1S/C20H17F3N2O3S2/c1-12-9-15(7-8-16(12)28-10-18(26)27-2)29-11-17-24-25-19(30-17)13-3-5-14(6-4-13)20(21,22)23/h3-9H,10-11H2,1-2H3. The minimum absolute atomic E-state index is 0.151. The lowest BCUT2D eigenvalue weighted by atomic mass is 10.1. The Hall–Kier alpha value is -2.59. The lowest BCUT2D eigenvalue weighted by molar-refractivity contribution is -0.143. The first-order valence-electron chi connectivity index (χ1n) is 8.69. The second-order valence-corrected chi connectivity index (χ2v) is 8.27. The first-order valence-corrected chi connectivity index (χ1v) is 10.5. The molecule has 0 radical (unpaired) electrons. The number of carbonyl (C=O) groups is 1. The molecule has 0 aliphatic rings. The summed E-state index contributed by atoms with van der Waals surface area (Å²) in [6.45, 7) is 1.73. The van der Waals surface area contributed by atoms with Gasteiger partial charge in [-0.1, -0.05) is 23.5 Å². The fourth-order valence-electron chi connectivity index (χ4n) is 2.44. The molecular weight excluding hydrogens is 437 g/mol. The van der Waals surface area contributed by atoms with E-state index in [-0.39, 0.29) is 6.61 Å². The maximum Gasteiger partial charge on any atom is 0.416 e. The summed E-state index contributed by atoms with van der Waals surface area (Å²) in [5, 5.41) is 9.54. The lowest BCUT2D eigenvalue weighted by Crippen LogP contribution is -2.12. The summed E-state index contributed by atoms with van der Waals surface area (Å²) in [6.07, 6.45) is -4.36. The molecule has 0 aliphatic heterocycles. The first kappa shape index (κ1) is 22.1. The molecule has 0 saturated heterocycles. The van der Waals surface area contributed by atoms with E-state index in [0.717, 1.165) is 27.6 Å². The predicted molar refractivity (Wildman–Crippen MR) is 109 cm³/mol. The summed E-state index contributed by atoms with van der Waals surface area (Å²) in [7, 11) is 1.30. The van der Waals surface area contributed by atoms with Gasteiger partial charge in [0, 0.05) is 10.5 Å². The van der Waals surface area contributed by atoms with E-state index in [9.17, 15) is 18.0 Å². The van der Waals surface area contributed by atoms with Crippen molar-refractivity contribution in [3.8, 4) is 16.3 Å². The van der Waals surface area contributed by atoms with Gasteiger partial charge in [-0.3, -0.25) is 0 Å². The van der Waals surface area contributed by atoms with Crippen molar-refractivity contribution in [2.45, 2.75) is 23.7 Å².